The molecule has 3 N–H and O–H groups in total. The van der Waals surface area contributed by atoms with Gasteiger partial charge >= 0.3 is 0 Å². The number of aryl methyl sites for hydroxylation is 1. The molecule has 1 atom stereocenters. The molecule has 17 heavy (non-hydrogen) atoms. The zero-order valence-corrected chi connectivity index (χ0v) is 8.78. The lowest BCUT2D eigenvalue weighted by Crippen LogP contribution is -2.19. The van der Waals surface area contributed by atoms with Crippen molar-refractivity contribution in [1.29, 1.82) is 0 Å². The molecule has 0 aromatic heterocycles. The van der Waals surface area contributed by atoms with Crippen LogP contribution in [-0.2, 0) is 6.42 Å². The van der Waals surface area contributed by atoms with Gasteiger partial charge in [0.25, 0.3) is 11.4 Å². The Balaban J connectivity index is 3.04. The number of non-ortho nitro benzene ring substituents is 2. The van der Waals surface area contributed by atoms with Crippen LogP contribution >= 0.6 is 0 Å². The Labute approximate surface area is 96.0 Å². The second-order valence-electron chi connectivity index (χ2n) is 3.48. The maximum absolute atomic E-state index is 10.6. The van der Waals surface area contributed by atoms with E-state index in [1.807, 2.05) is 0 Å². The maximum atomic E-state index is 10.6. The molecular formula is C9H11N3O5. The van der Waals surface area contributed by atoms with Gasteiger partial charge in [-0.25, -0.2) is 0 Å². The number of hydrogen-bond acceptors (Lipinski definition) is 6. The molecule has 0 aliphatic heterocycles. The second kappa shape index (κ2) is 5.32. The number of aliphatic hydroxyl groups excluding tert-OH is 1. The minimum Gasteiger partial charge on any atom is -0.379 e. The van der Waals surface area contributed by atoms with Crippen LogP contribution in [0.2, 0.25) is 0 Å². The molecule has 0 radical (unpaired) electrons. The van der Waals surface area contributed by atoms with Gasteiger partial charge in [0.05, 0.1) is 15.9 Å². The molecule has 8 nitrogen and oxygen atoms in total. The van der Waals surface area contributed by atoms with Crippen molar-refractivity contribution in [1.82, 2.24) is 0 Å². The monoisotopic (exact) mass is 241 g/mol. The summed E-state index contributed by atoms with van der Waals surface area (Å²) in [5, 5.41) is 30.0. The third-order valence-corrected chi connectivity index (χ3v) is 2.11. The molecule has 1 aromatic carbocycles. The Kier molecular flexibility index (Phi) is 4.07. The van der Waals surface area contributed by atoms with E-state index in [0.29, 0.717) is 5.56 Å². The molecular weight excluding hydrogens is 230 g/mol. The molecule has 92 valence electrons. The summed E-state index contributed by atoms with van der Waals surface area (Å²) >= 11 is 0. The highest BCUT2D eigenvalue weighted by atomic mass is 16.6. The molecule has 0 spiro atoms. The van der Waals surface area contributed by atoms with Crippen LogP contribution in [0.4, 0.5) is 11.4 Å². The van der Waals surface area contributed by atoms with Crippen LogP contribution in [0.3, 0.4) is 0 Å². The van der Waals surface area contributed by atoms with Gasteiger partial charge in [-0.2, -0.15) is 0 Å². The Morgan fingerprint density at radius 2 is 1.65 bits per heavy atom. The van der Waals surface area contributed by atoms with E-state index >= 15 is 0 Å². The van der Waals surface area contributed by atoms with Gasteiger partial charge in [-0.05, 0) is 18.4 Å². The lowest BCUT2D eigenvalue weighted by atomic mass is 10.1. The van der Waals surface area contributed by atoms with Crippen LogP contribution in [0, 0.1) is 20.2 Å². The SMILES string of the molecule is NC(O)CCc1cc([N+](=O)[O-])cc([N+](=O)[O-])c1. The number of rotatable bonds is 5. The van der Waals surface area contributed by atoms with Crippen LogP contribution in [0.15, 0.2) is 18.2 Å². The Bertz CT molecular complexity index is 414. The standard InChI is InChI=1S/C9H11N3O5/c10-9(13)2-1-6-3-7(11(14)15)5-8(4-6)12(16)17/h3-5,9,13H,1-2,10H2. The normalized spacial score (nSPS) is 12.1. The molecule has 0 aliphatic carbocycles. The first-order valence-electron chi connectivity index (χ1n) is 4.76. The predicted octanol–water partition coefficient (Wildman–Crippen LogP) is 0.713. The molecule has 0 bridgehead atoms. The quantitative estimate of drug-likeness (QED) is 0.443. The van der Waals surface area contributed by atoms with Crippen molar-refractivity contribution in [2.75, 3.05) is 0 Å². The molecule has 1 rings (SSSR count). The largest absolute Gasteiger partial charge is 0.379 e. The van der Waals surface area contributed by atoms with Crippen molar-refractivity contribution in [3.8, 4) is 0 Å². The van der Waals surface area contributed by atoms with Crippen LogP contribution in [0.5, 0.6) is 0 Å². The van der Waals surface area contributed by atoms with Gasteiger partial charge in [0, 0.05) is 12.1 Å². The Morgan fingerprint density at radius 1 is 1.18 bits per heavy atom. The van der Waals surface area contributed by atoms with Gasteiger partial charge in [-0.15, -0.1) is 0 Å². The van der Waals surface area contributed by atoms with Gasteiger partial charge in [-0.3, -0.25) is 20.2 Å². The number of nitrogens with zero attached hydrogens (tertiary/aromatic N) is 2. The molecule has 1 aromatic rings. The third-order valence-electron chi connectivity index (χ3n) is 2.11. The molecule has 0 heterocycles. The van der Waals surface area contributed by atoms with Crippen LogP contribution in [-0.4, -0.2) is 21.2 Å². The predicted molar refractivity (Wildman–Crippen MR) is 58.3 cm³/mol. The average molecular weight is 241 g/mol. The minimum atomic E-state index is -1.05. The molecule has 0 aliphatic rings. The van der Waals surface area contributed by atoms with Crippen molar-refractivity contribution in [3.63, 3.8) is 0 Å². The van der Waals surface area contributed by atoms with E-state index in [1.165, 1.54) is 12.1 Å². The summed E-state index contributed by atoms with van der Waals surface area (Å²) in [7, 11) is 0. The van der Waals surface area contributed by atoms with Gasteiger partial charge < -0.3 is 10.8 Å². The van der Waals surface area contributed by atoms with Crippen molar-refractivity contribution in [2.24, 2.45) is 5.73 Å². The van der Waals surface area contributed by atoms with E-state index < -0.39 is 16.1 Å². The van der Waals surface area contributed by atoms with Gasteiger partial charge in [0.2, 0.25) is 0 Å². The third kappa shape index (κ3) is 3.78. The summed E-state index contributed by atoms with van der Waals surface area (Å²) < 4.78 is 0. The summed E-state index contributed by atoms with van der Waals surface area (Å²) in [5.41, 5.74) is 4.83. The highest BCUT2D eigenvalue weighted by Crippen LogP contribution is 2.23. The molecule has 1 unspecified atom stereocenters. The number of nitro benzene ring substituents is 2. The summed E-state index contributed by atoms with van der Waals surface area (Å²) in [6.07, 6.45) is -0.633. The minimum absolute atomic E-state index is 0.179. The maximum Gasteiger partial charge on any atom is 0.276 e. The van der Waals surface area contributed by atoms with E-state index in [9.17, 15) is 20.2 Å². The lowest BCUT2D eigenvalue weighted by Gasteiger charge is -2.04. The topological polar surface area (TPSA) is 133 Å². The van der Waals surface area contributed by atoms with Crippen molar-refractivity contribution in [3.05, 3.63) is 44.0 Å². The van der Waals surface area contributed by atoms with Gasteiger partial charge in [-0.1, -0.05) is 0 Å². The van der Waals surface area contributed by atoms with E-state index in [-0.39, 0.29) is 24.2 Å². The van der Waals surface area contributed by atoms with E-state index in [0.717, 1.165) is 6.07 Å². The first-order valence-corrected chi connectivity index (χ1v) is 4.76. The van der Waals surface area contributed by atoms with Gasteiger partial charge in [0.15, 0.2) is 0 Å². The Morgan fingerprint density at radius 3 is 2.00 bits per heavy atom. The average Bonchev–Trinajstić information content (AvgIpc) is 2.25. The van der Waals surface area contributed by atoms with Crippen molar-refractivity contribution < 1.29 is 15.0 Å². The number of nitro groups is 2. The highest BCUT2D eigenvalue weighted by molar-refractivity contribution is 5.46. The first kappa shape index (κ1) is 13.0. The number of hydrogen-bond donors (Lipinski definition) is 2. The molecule has 0 saturated carbocycles. The summed E-state index contributed by atoms with van der Waals surface area (Å²) in [4.78, 5) is 19.8. The summed E-state index contributed by atoms with van der Waals surface area (Å²) in [5.74, 6) is 0. The first-order chi connectivity index (χ1) is 7.90. The van der Waals surface area contributed by atoms with Crippen molar-refractivity contribution >= 4 is 11.4 Å². The summed E-state index contributed by atoms with van der Waals surface area (Å²) in [6, 6.07) is 3.35. The van der Waals surface area contributed by atoms with Crippen LogP contribution in [0.25, 0.3) is 0 Å². The molecule has 8 heteroatoms. The fourth-order valence-corrected chi connectivity index (χ4v) is 1.33. The van der Waals surface area contributed by atoms with Gasteiger partial charge in [0.1, 0.15) is 6.23 Å². The number of aliphatic hydroxyl groups is 1. The number of benzene rings is 1. The summed E-state index contributed by atoms with van der Waals surface area (Å²) in [6.45, 7) is 0. The fraction of sp³-hybridized carbons (Fsp3) is 0.333. The lowest BCUT2D eigenvalue weighted by molar-refractivity contribution is -0.394. The van der Waals surface area contributed by atoms with Crippen LogP contribution < -0.4 is 5.73 Å². The smallest absolute Gasteiger partial charge is 0.276 e. The molecule has 0 fully saturated rings. The Hall–Kier alpha value is -2.06. The highest BCUT2D eigenvalue weighted by Gasteiger charge is 2.16. The van der Waals surface area contributed by atoms with Crippen molar-refractivity contribution in [2.45, 2.75) is 19.1 Å². The van der Waals surface area contributed by atoms with E-state index in [2.05, 4.69) is 0 Å². The molecule has 0 saturated heterocycles. The van der Waals surface area contributed by atoms with Crippen LogP contribution in [0.1, 0.15) is 12.0 Å². The molecule has 0 amide bonds. The fourth-order valence-electron chi connectivity index (χ4n) is 1.33. The number of nitrogens with two attached hydrogens (primary N) is 1. The van der Waals surface area contributed by atoms with E-state index in [1.54, 1.807) is 0 Å². The zero-order chi connectivity index (χ0) is 13.0. The second-order valence-corrected chi connectivity index (χ2v) is 3.48. The van der Waals surface area contributed by atoms with E-state index in [4.69, 9.17) is 10.8 Å². The zero-order valence-electron chi connectivity index (χ0n) is 8.78.